The van der Waals surface area contributed by atoms with E-state index in [1.54, 1.807) is 12.4 Å². The summed E-state index contributed by atoms with van der Waals surface area (Å²) in [6, 6.07) is 15.6. The van der Waals surface area contributed by atoms with E-state index in [9.17, 15) is 10.2 Å². The molecule has 0 spiro atoms. The molecule has 8 heteroatoms. The minimum atomic E-state index is -0.297. The molecule has 2 aromatic heterocycles. The van der Waals surface area contributed by atoms with Crippen LogP contribution in [0.1, 0.15) is 22.9 Å². The SMILES string of the molecule is OCC(CO)COc1ccc([C@H]2c3[nH]c4ccc(Cl)cc4c3CCN2c2ncccn2)cc1. The number of anilines is 1. The zero-order chi connectivity index (χ0) is 22.8. The third-order valence-corrected chi connectivity index (χ3v) is 6.33. The number of fused-ring (bicyclic) bond motifs is 3. The Morgan fingerprint density at radius 1 is 1.09 bits per heavy atom. The molecule has 0 saturated carbocycles. The molecule has 3 N–H and O–H groups in total. The summed E-state index contributed by atoms with van der Waals surface area (Å²) < 4.78 is 5.75. The second-order valence-corrected chi connectivity index (χ2v) is 8.65. The van der Waals surface area contributed by atoms with Gasteiger partial charge in [-0.2, -0.15) is 0 Å². The van der Waals surface area contributed by atoms with Crippen molar-refractivity contribution in [1.29, 1.82) is 0 Å². The van der Waals surface area contributed by atoms with Crippen LogP contribution in [0.5, 0.6) is 5.75 Å². The van der Waals surface area contributed by atoms with Gasteiger partial charge in [-0.3, -0.25) is 0 Å². The number of hydrogen-bond acceptors (Lipinski definition) is 6. The number of rotatable bonds is 7. The summed E-state index contributed by atoms with van der Waals surface area (Å²) >= 11 is 6.30. The number of nitrogens with one attached hydrogen (secondary N) is 1. The number of aromatic nitrogens is 3. The van der Waals surface area contributed by atoms with E-state index in [4.69, 9.17) is 16.3 Å². The molecule has 1 aliphatic rings. The van der Waals surface area contributed by atoms with Gasteiger partial charge < -0.3 is 24.8 Å². The molecular weight excluding hydrogens is 440 g/mol. The number of halogens is 1. The van der Waals surface area contributed by atoms with Gasteiger partial charge >= 0.3 is 0 Å². The van der Waals surface area contributed by atoms with Crippen molar-refractivity contribution in [1.82, 2.24) is 15.0 Å². The molecule has 0 aliphatic carbocycles. The lowest BCUT2D eigenvalue weighted by Gasteiger charge is -2.36. The molecule has 1 atom stereocenters. The summed E-state index contributed by atoms with van der Waals surface area (Å²) in [5.74, 6) is 1.07. The number of benzene rings is 2. The van der Waals surface area contributed by atoms with Gasteiger partial charge in [-0.25, -0.2) is 9.97 Å². The number of aliphatic hydroxyl groups excluding tert-OH is 2. The molecule has 33 heavy (non-hydrogen) atoms. The van der Waals surface area contributed by atoms with Crippen molar-refractivity contribution < 1.29 is 14.9 Å². The van der Waals surface area contributed by atoms with Gasteiger partial charge in [0.15, 0.2) is 0 Å². The first kappa shape index (κ1) is 21.7. The van der Waals surface area contributed by atoms with E-state index in [0.29, 0.717) is 11.7 Å². The van der Waals surface area contributed by atoms with Crippen LogP contribution in [0.4, 0.5) is 5.95 Å². The molecule has 3 heterocycles. The van der Waals surface area contributed by atoms with Crippen molar-refractivity contribution in [2.45, 2.75) is 12.5 Å². The number of ether oxygens (including phenoxy) is 1. The van der Waals surface area contributed by atoms with Crippen molar-refractivity contribution in [3.63, 3.8) is 0 Å². The number of H-pyrrole nitrogens is 1. The fourth-order valence-electron chi connectivity index (χ4n) is 4.39. The maximum Gasteiger partial charge on any atom is 0.226 e. The van der Waals surface area contributed by atoms with Crippen molar-refractivity contribution in [3.8, 4) is 5.75 Å². The van der Waals surface area contributed by atoms with Crippen LogP contribution in [0.2, 0.25) is 5.02 Å². The molecule has 7 nitrogen and oxygen atoms in total. The lowest BCUT2D eigenvalue weighted by molar-refractivity contribution is 0.106. The van der Waals surface area contributed by atoms with E-state index in [1.165, 1.54) is 5.56 Å². The number of aliphatic hydroxyl groups is 2. The summed E-state index contributed by atoms with van der Waals surface area (Å²) in [5, 5.41) is 20.4. The summed E-state index contributed by atoms with van der Waals surface area (Å²) in [7, 11) is 0. The monoisotopic (exact) mass is 464 g/mol. The Morgan fingerprint density at radius 3 is 2.58 bits per heavy atom. The highest BCUT2D eigenvalue weighted by Crippen LogP contribution is 2.40. The second-order valence-electron chi connectivity index (χ2n) is 8.21. The lowest BCUT2D eigenvalue weighted by atomic mass is 9.92. The van der Waals surface area contributed by atoms with Gasteiger partial charge in [-0.1, -0.05) is 23.7 Å². The Labute approximate surface area is 196 Å². The first-order chi connectivity index (χ1) is 16.2. The van der Waals surface area contributed by atoms with Crippen LogP contribution in [0.3, 0.4) is 0 Å². The average molecular weight is 465 g/mol. The van der Waals surface area contributed by atoms with Crippen LogP contribution in [-0.4, -0.2) is 51.5 Å². The van der Waals surface area contributed by atoms with Gasteiger partial charge in [-0.15, -0.1) is 0 Å². The average Bonchev–Trinajstić information content (AvgIpc) is 3.23. The first-order valence-electron chi connectivity index (χ1n) is 11.0. The molecule has 5 rings (SSSR count). The fraction of sp³-hybridized carbons (Fsp3) is 0.280. The van der Waals surface area contributed by atoms with Crippen LogP contribution in [0.25, 0.3) is 10.9 Å². The maximum absolute atomic E-state index is 9.26. The molecule has 0 bridgehead atoms. The van der Waals surface area contributed by atoms with E-state index in [0.717, 1.165) is 40.1 Å². The van der Waals surface area contributed by atoms with Crippen molar-refractivity contribution in [2.24, 2.45) is 5.92 Å². The van der Waals surface area contributed by atoms with E-state index < -0.39 is 0 Å². The van der Waals surface area contributed by atoms with E-state index in [-0.39, 0.29) is 31.8 Å². The molecular formula is C25H25ClN4O3. The van der Waals surface area contributed by atoms with Gasteiger partial charge in [0.2, 0.25) is 5.95 Å². The molecule has 1 aliphatic heterocycles. The third kappa shape index (κ3) is 4.27. The van der Waals surface area contributed by atoms with Crippen LogP contribution < -0.4 is 9.64 Å². The second kappa shape index (κ2) is 9.39. The molecule has 0 fully saturated rings. The smallest absolute Gasteiger partial charge is 0.226 e. The zero-order valence-corrected chi connectivity index (χ0v) is 18.7. The Kier molecular flexibility index (Phi) is 6.17. The maximum atomic E-state index is 9.26. The van der Waals surface area contributed by atoms with Crippen molar-refractivity contribution in [2.75, 3.05) is 31.3 Å². The number of nitrogens with zero attached hydrogens (tertiary/aromatic N) is 3. The highest BCUT2D eigenvalue weighted by Gasteiger charge is 2.33. The molecule has 170 valence electrons. The minimum absolute atomic E-state index is 0.0981. The van der Waals surface area contributed by atoms with Gasteiger partial charge in [0.1, 0.15) is 5.75 Å². The predicted molar refractivity (Wildman–Crippen MR) is 128 cm³/mol. The summed E-state index contributed by atoms with van der Waals surface area (Å²) in [6.07, 6.45) is 4.38. The van der Waals surface area contributed by atoms with E-state index in [2.05, 4.69) is 19.9 Å². The predicted octanol–water partition coefficient (Wildman–Crippen LogP) is 3.74. The Hall–Kier alpha value is -3.13. The van der Waals surface area contributed by atoms with Crippen LogP contribution in [0, 0.1) is 5.92 Å². The lowest BCUT2D eigenvalue weighted by Crippen LogP contribution is -2.37. The molecule has 0 amide bonds. The fourth-order valence-corrected chi connectivity index (χ4v) is 4.56. The quantitative estimate of drug-likeness (QED) is 0.385. The van der Waals surface area contributed by atoms with Crippen LogP contribution in [-0.2, 0) is 6.42 Å². The largest absolute Gasteiger partial charge is 0.493 e. The highest BCUT2D eigenvalue weighted by atomic mass is 35.5. The molecule has 0 unspecified atom stereocenters. The first-order valence-corrected chi connectivity index (χ1v) is 11.3. The van der Waals surface area contributed by atoms with E-state index in [1.807, 2.05) is 48.5 Å². The topological polar surface area (TPSA) is 94.5 Å². The molecule has 0 radical (unpaired) electrons. The Morgan fingerprint density at radius 2 is 1.85 bits per heavy atom. The van der Waals surface area contributed by atoms with Gasteiger partial charge in [0.25, 0.3) is 0 Å². The van der Waals surface area contributed by atoms with Crippen LogP contribution >= 0.6 is 11.6 Å². The van der Waals surface area contributed by atoms with Gasteiger partial charge in [-0.05, 0) is 53.9 Å². The summed E-state index contributed by atoms with van der Waals surface area (Å²) in [4.78, 5) is 14.9. The molecule has 4 aromatic rings. The molecule has 0 saturated heterocycles. The number of aromatic amines is 1. The zero-order valence-electron chi connectivity index (χ0n) is 18.0. The van der Waals surface area contributed by atoms with Gasteiger partial charge in [0, 0.05) is 46.5 Å². The van der Waals surface area contributed by atoms with Crippen molar-refractivity contribution in [3.05, 3.63) is 82.8 Å². The summed E-state index contributed by atoms with van der Waals surface area (Å²) in [5.41, 5.74) is 4.51. The Balaban J connectivity index is 1.53. The highest BCUT2D eigenvalue weighted by molar-refractivity contribution is 6.31. The minimum Gasteiger partial charge on any atom is -0.493 e. The van der Waals surface area contributed by atoms with Crippen molar-refractivity contribution >= 4 is 28.5 Å². The standard InChI is InChI=1S/C25H25ClN4O3/c26-18-4-7-22-21(12-18)20-8-11-30(25-27-9-1-10-28-25)24(23(20)29-22)17-2-5-19(6-3-17)33-15-16(13-31)14-32/h1-7,9-10,12,16,24,29,31-32H,8,11,13-15H2/t24-/m0/s1. The Bertz CT molecular complexity index is 1230. The van der Waals surface area contributed by atoms with Crippen LogP contribution in [0.15, 0.2) is 60.9 Å². The van der Waals surface area contributed by atoms with Gasteiger partial charge in [0.05, 0.1) is 25.9 Å². The normalized spacial score (nSPS) is 15.8. The summed E-state index contributed by atoms with van der Waals surface area (Å²) in [6.45, 7) is 0.798. The third-order valence-electron chi connectivity index (χ3n) is 6.10. The molecule has 2 aromatic carbocycles. The number of hydrogen-bond donors (Lipinski definition) is 3. The van der Waals surface area contributed by atoms with E-state index >= 15 is 0 Å².